The third-order valence-electron chi connectivity index (χ3n) is 4.42. The fraction of sp³-hybridized carbons (Fsp3) is 0.143. The van der Waals surface area contributed by atoms with Gasteiger partial charge in [0.25, 0.3) is 20.0 Å². The van der Waals surface area contributed by atoms with Crippen LogP contribution in [0.4, 0.5) is 11.4 Å². The number of methoxy groups -OCH3 is 3. The van der Waals surface area contributed by atoms with Gasteiger partial charge in [0, 0.05) is 17.4 Å². The van der Waals surface area contributed by atoms with Crippen molar-refractivity contribution in [1.82, 2.24) is 0 Å². The van der Waals surface area contributed by atoms with Crippen LogP contribution >= 0.6 is 0 Å². The lowest BCUT2D eigenvalue weighted by atomic mass is 10.3. The average molecular weight is 479 g/mol. The van der Waals surface area contributed by atoms with Gasteiger partial charge in [-0.25, -0.2) is 16.8 Å². The summed E-state index contributed by atoms with van der Waals surface area (Å²) in [7, 11) is -3.54. The van der Waals surface area contributed by atoms with Crippen molar-refractivity contribution in [1.29, 1.82) is 0 Å². The summed E-state index contributed by atoms with van der Waals surface area (Å²) in [6, 6.07) is 16.0. The smallest absolute Gasteiger partial charge is 0.265 e. The molecule has 0 heterocycles. The van der Waals surface area contributed by atoms with Crippen LogP contribution in [0.5, 0.6) is 17.2 Å². The van der Waals surface area contributed by atoms with E-state index in [0.717, 1.165) is 0 Å². The van der Waals surface area contributed by atoms with Crippen molar-refractivity contribution in [2.75, 3.05) is 30.8 Å². The lowest BCUT2D eigenvalue weighted by Crippen LogP contribution is -2.15. The molecule has 0 unspecified atom stereocenters. The first-order valence-corrected chi connectivity index (χ1v) is 12.2. The van der Waals surface area contributed by atoms with Crippen LogP contribution in [0.1, 0.15) is 0 Å². The van der Waals surface area contributed by atoms with E-state index in [1.165, 1.54) is 63.8 Å². The molecule has 11 heteroatoms. The topological polar surface area (TPSA) is 120 Å². The van der Waals surface area contributed by atoms with E-state index >= 15 is 0 Å². The molecule has 0 aliphatic rings. The minimum atomic E-state index is -3.99. The zero-order valence-electron chi connectivity index (χ0n) is 17.5. The molecule has 0 aliphatic carbocycles. The van der Waals surface area contributed by atoms with Crippen LogP contribution in [0.2, 0.25) is 0 Å². The van der Waals surface area contributed by atoms with E-state index in [4.69, 9.17) is 14.2 Å². The maximum atomic E-state index is 12.8. The van der Waals surface area contributed by atoms with E-state index in [9.17, 15) is 16.8 Å². The highest BCUT2D eigenvalue weighted by atomic mass is 32.2. The third-order valence-corrected chi connectivity index (χ3v) is 7.24. The second-order valence-corrected chi connectivity index (χ2v) is 9.81. The summed E-state index contributed by atoms with van der Waals surface area (Å²) in [5.41, 5.74) is 0.549. The zero-order valence-corrected chi connectivity index (χ0v) is 19.2. The average Bonchev–Trinajstić information content (AvgIpc) is 2.79. The quantitative estimate of drug-likeness (QED) is 0.484. The van der Waals surface area contributed by atoms with Gasteiger partial charge in [-0.2, -0.15) is 0 Å². The molecule has 0 aromatic heterocycles. The van der Waals surface area contributed by atoms with Crippen molar-refractivity contribution in [2.45, 2.75) is 9.79 Å². The lowest BCUT2D eigenvalue weighted by molar-refractivity contribution is 0.386. The van der Waals surface area contributed by atoms with Gasteiger partial charge in [0.05, 0.1) is 26.2 Å². The highest BCUT2D eigenvalue weighted by Crippen LogP contribution is 2.30. The van der Waals surface area contributed by atoms with E-state index in [1.807, 2.05) is 0 Å². The SMILES string of the molecule is COc1ccc(NS(=O)(=O)c2ccc(NS(=O)(=O)c3ccc(OC)cc3OC)cc2)cc1. The van der Waals surface area contributed by atoms with Crippen LogP contribution in [0, 0.1) is 0 Å². The second kappa shape index (κ2) is 9.37. The van der Waals surface area contributed by atoms with E-state index < -0.39 is 20.0 Å². The number of hydrogen-bond acceptors (Lipinski definition) is 7. The zero-order chi connectivity index (χ0) is 23.4. The van der Waals surface area contributed by atoms with Gasteiger partial charge in [-0.15, -0.1) is 0 Å². The molecular weight excluding hydrogens is 456 g/mol. The Kier molecular flexibility index (Phi) is 6.80. The van der Waals surface area contributed by atoms with Crippen molar-refractivity contribution in [3.8, 4) is 17.2 Å². The first-order chi connectivity index (χ1) is 15.2. The van der Waals surface area contributed by atoms with Crippen LogP contribution in [0.3, 0.4) is 0 Å². The molecule has 3 aromatic carbocycles. The molecule has 0 amide bonds. The number of nitrogens with one attached hydrogen (secondary N) is 2. The summed E-state index contributed by atoms with van der Waals surface area (Å²) in [6.45, 7) is 0. The Balaban J connectivity index is 1.79. The van der Waals surface area contributed by atoms with Crippen molar-refractivity contribution >= 4 is 31.4 Å². The Morgan fingerprint density at radius 3 is 1.62 bits per heavy atom. The molecule has 32 heavy (non-hydrogen) atoms. The van der Waals surface area contributed by atoms with Crippen LogP contribution in [0.15, 0.2) is 76.5 Å². The van der Waals surface area contributed by atoms with Gasteiger partial charge in [-0.1, -0.05) is 0 Å². The number of sulfonamides is 2. The van der Waals surface area contributed by atoms with E-state index in [-0.39, 0.29) is 21.2 Å². The van der Waals surface area contributed by atoms with Gasteiger partial charge in [0.2, 0.25) is 0 Å². The molecule has 0 bridgehead atoms. The van der Waals surface area contributed by atoms with Crippen molar-refractivity contribution in [3.05, 3.63) is 66.7 Å². The number of benzene rings is 3. The summed E-state index contributed by atoms with van der Waals surface area (Å²) in [5, 5.41) is 0. The Hall–Kier alpha value is -3.44. The van der Waals surface area contributed by atoms with Crippen molar-refractivity contribution in [3.63, 3.8) is 0 Å². The van der Waals surface area contributed by atoms with Crippen molar-refractivity contribution in [2.24, 2.45) is 0 Å². The molecule has 170 valence electrons. The maximum Gasteiger partial charge on any atom is 0.265 e. The van der Waals surface area contributed by atoms with Crippen molar-refractivity contribution < 1.29 is 31.0 Å². The number of anilines is 2. The Labute approximate surface area is 187 Å². The van der Waals surface area contributed by atoms with Crippen LogP contribution in [0.25, 0.3) is 0 Å². The van der Waals surface area contributed by atoms with Crippen LogP contribution < -0.4 is 23.7 Å². The molecule has 0 radical (unpaired) electrons. The summed E-state index contributed by atoms with van der Waals surface area (Å²) in [4.78, 5) is -0.114. The second-order valence-electron chi connectivity index (χ2n) is 6.48. The molecule has 3 aromatic rings. The largest absolute Gasteiger partial charge is 0.497 e. The minimum Gasteiger partial charge on any atom is -0.497 e. The highest BCUT2D eigenvalue weighted by Gasteiger charge is 2.21. The van der Waals surface area contributed by atoms with E-state index in [1.54, 1.807) is 24.3 Å². The summed E-state index contributed by atoms with van der Waals surface area (Å²) < 4.78 is 70.9. The molecule has 3 rings (SSSR count). The third kappa shape index (κ3) is 5.24. The molecule has 0 spiro atoms. The molecule has 0 atom stereocenters. The minimum absolute atomic E-state index is 0.0294. The Morgan fingerprint density at radius 2 is 1.09 bits per heavy atom. The van der Waals surface area contributed by atoms with Gasteiger partial charge in [0.1, 0.15) is 22.1 Å². The summed E-state index contributed by atoms with van der Waals surface area (Å²) in [5.74, 6) is 1.15. The fourth-order valence-electron chi connectivity index (χ4n) is 2.78. The fourth-order valence-corrected chi connectivity index (χ4v) is 5.05. The molecule has 0 saturated heterocycles. The van der Waals surface area contributed by atoms with Gasteiger partial charge in [-0.3, -0.25) is 9.44 Å². The summed E-state index contributed by atoms with van der Waals surface area (Å²) >= 11 is 0. The van der Waals surface area contributed by atoms with Crippen LogP contribution in [-0.4, -0.2) is 38.2 Å². The lowest BCUT2D eigenvalue weighted by Gasteiger charge is -2.13. The van der Waals surface area contributed by atoms with Gasteiger partial charge >= 0.3 is 0 Å². The Morgan fingerprint density at radius 1 is 0.594 bits per heavy atom. The van der Waals surface area contributed by atoms with Gasteiger partial charge in [0.15, 0.2) is 0 Å². The number of rotatable bonds is 9. The molecule has 9 nitrogen and oxygen atoms in total. The first kappa shape index (κ1) is 23.2. The predicted octanol–water partition coefficient (Wildman–Crippen LogP) is 3.31. The summed E-state index contributed by atoms with van der Waals surface area (Å²) in [6.07, 6.45) is 0. The standard InChI is InChI=1S/C21H22N2O7S2/c1-28-17-8-4-15(5-9-17)22-31(24,25)19-11-6-16(7-12-19)23-32(26,27)21-13-10-18(29-2)14-20(21)30-3/h4-14,22-23H,1-3H3. The van der Waals surface area contributed by atoms with Gasteiger partial charge < -0.3 is 14.2 Å². The Bertz CT molecular complexity index is 1290. The monoisotopic (exact) mass is 478 g/mol. The molecular formula is C21H22N2O7S2. The predicted molar refractivity (Wildman–Crippen MR) is 121 cm³/mol. The molecule has 0 saturated carbocycles. The molecule has 2 N–H and O–H groups in total. The maximum absolute atomic E-state index is 12.8. The number of hydrogen-bond donors (Lipinski definition) is 2. The van der Waals surface area contributed by atoms with E-state index in [2.05, 4.69) is 9.44 Å². The number of ether oxygens (including phenoxy) is 3. The van der Waals surface area contributed by atoms with Crippen LogP contribution in [-0.2, 0) is 20.0 Å². The molecule has 0 fully saturated rings. The molecule has 0 aliphatic heterocycles. The normalized spacial score (nSPS) is 11.5. The first-order valence-electron chi connectivity index (χ1n) is 9.20. The van der Waals surface area contributed by atoms with E-state index in [0.29, 0.717) is 17.2 Å². The highest BCUT2D eigenvalue weighted by molar-refractivity contribution is 7.93. The van der Waals surface area contributed by atoms with Gasteiger partial charge in [-0.05, 0) is 60.7 Å².